The highest BCUT2D eigenvalue weighted by Gasteiger charge is 2.16. The number of carboxylic acids is 1. The van der Waals surface area contributed by atoms with Gasteiger partial charge in [-0.3, -0.25) is 4.79 Å². The molecule has 0 saturated heterocycles. The quantitative estimate of drug-likeness (QED) is 0.811. The van der Waals surface area contributed by atoms with Crippen molar-refractivity contribution in [2.24, 2.45) is 0 Å². The van der Waals surface area contributed by atoms with E-state index in [4.69, 9.17) is 5.11 Å². The van der Waals surface area contributed by atoms with Crippen molar-refractivity contribution < 1.29 is 15.0 Å². The molecule has 0 aromatic heterocycles. The zero-order chi connectivity index (χ0) is 11.7. The fourth-order valence-electron chi connectivity index (χ4n) is 1.80. The summed E-state index contributed by atoms with van der Waals surface area (Å²) in [7, 11) is 0. The summed E-state index contributed by atoms with van der Waals surface area (Å²) in [5.41, 5.74) is 0.723. The van der Waals surface area contributed by atoms with E-state index < -0.39 is 11.9 Å². The van der Waals surface area contributed by atoms with Crippen LogP contribution in [0.25, 0.3) is 10.8 Å². The lowest BCUT2D eigenvalue weighted by atomic mass is 9.95. The minimum absolute atomic E-state index is 0.150. The minimum Gasteiger partial charge on any atom is -0.508 e. The van der Waals surface area contributed by atoms with Crippen molar-refractivity contribution in [1.82, 2.24) is 0 Å². The first kappa shape index (κ1) is 10.5. The maximum absolute atomic E-state index is 11.0. The molecule has 0 bridgehead atoms. The molecule has 2 aromatic carbocycles. The van der Waals surface area contributed by atoms with Gasteiger partial charge < -0.3 is 10.2 Å². The van der Waals surface area contributed by atoms with Gasteiger partial charge in [0.15, 0.2) is 0 Å². The average molecular weight is 216 g/mol. The second-order valence-electron chi connectivity index (χ2n) is 3.81. The van der Waals surface area contributed by atoms with Crippen LogP contribution in [-0.4, -0.2) is 16.2 Å². The van der Waals surface area contributed by atoms with Gasteiger partial charge in [-0.25, -0.2) is 0 Å². The molecular formula is C13H12O3. The number of aliphatic carboxylic acids is 1. The Balaban J connectivity index is 2.69. The van der Waals surface area contributed by atoms with Gasteiger partial charge in [-0.2, -0.15) is 0 Å². The summed E-state index contributed by atoms with van der Waals surface area (Å²) in [4.78, 5) is 11.0. The number of carboxylic acid groups (broad SMARTS) is 1. The van der Waals surface area contributed by atoms with E-state index in [0.717, 1.165) is 16.3 Å². The number of rotatable bonds is 2. The number of benzene rings is 2. The van der Waals surface area contributed by atoms with Gasteiger partial charge in [-0.05, 0) is 35.4 Å². The lowest BCUT2D eigenvalue weighted by molar-refractivity contribution is -0.138. The summed E-state index contributed by atoms with van der Waals surface area (Å²) in [6.45, 7) is 1.64. The molecule has 0 aliphatic rings. The van der Waals surface area contributed by atoms with Crippen LogP contribution in [0.3, 0.4) is 0 Å². The third-order valence-electron chi connectivity index (χ3n) is 2.74. The molecule has 16 heavy (non-hydrogen) atoms. The fraction of sp³-hybridized carbons (Fsp3) is 0.154. The van der Waals surface area contributed by atoms with Gasteiger partial charge in [0.2, 0.25) is 0 Å². The summed E-state index contributed by atoms with van der Waals surface area (Å²) in [5, 5.41) is 20.2. The zero-order valence-electron chi connectivity index (χ0n) is 8.84. The molecular weight excluding hydrogens is 204 g/mol. The van der Waals surface area contributed by atoms with Crippen LogP contribution in [0.15, 0.2) is 36.4 Å². The van der Waals surface area contributed by atoms with Crippen molar-refractivity contribution in [2.75, 3.05) is 0 Å². The highest BCUT2D eigenvalue weighted by Crippen LogP contribution is 2.28. The minimum atomic E-state index is -0.865. The van der Waals surface area contributed by atoms with E-state index in [1.165, 1.54) is 0 Å². The van der Waals surface area contributed by atoms with Gasteiger partial charge >= 0.3 is 5.97 Å². The number of hydrogen-bond donors (Lipinski definition) is 2. The van der Waals surface area contributed by atoms with Crippen LogP contribution in [0.5, 0.6) is 5.75 Å². The van der Waals surface area contributed by atoms with Gasteiger partial charge in [-0.15, -0.1) is 0 Å². The van der Waals surface area contributed by atoms with E-state index in [2.05, 4.69) is 0 Å². The van der Waals surface area contributed by atoms with Crippen LogP contribution in [0.4, 0.5) is 0 Å². The van der Waals surface area contributed by atoms with E-state index in [-0.39, 0.29) is 5.75 Å². The predicted octanol–water partition coefficient (Wildman–Crippen LogP) is 2.73. The topological polar surface area (TPSA) is 57.5 Å². The van der Waals surface area contributed by atoms with Crippen molar-refractivity contribution in [2.45, 2.75) is 12.8 Å². The smallest absolute Gasteiger partial charge is 0.310 e. The standard InChI is InChI=1S/C13H12O3/c1-8(13(15)16)11-4-2-3-9-5-6-10(14)7-12(9)11/h2-8,14H,1H3,(H,15,16). The van der Waals surface area contributed by atoms with Crippen molar-refractivity contribution in [1.29, 1.82) is 0 Å². The molecule has 1 atom stereocenters. The summed E-state index contributed by atoms with van der Waals surface area (Å²) in [6.07, 6.45) is 0. The maximum atomic E-state index is 11.0. The summed E-state index contributed by atoms with van der Waals surface area (Å²) < 4.78 is 0. The fourth-order valence-corrected chi connectivity index (χ4v) is 1.80. The van der Waals surface area contributed by atoms with Crippen LogP contribution in [0.1, 0.15) is 18.4 Å². The van der Waals surface area contributed by atoms with Crippen LogP contribution in [0, 0.1) is 0 Å². The van der Waals surface area contributed by atoms with Crippen molar-refractivity contribution in [3.63, 3.8) is 0 Å². The average Bonchev–Trinajstić information content (AvgIpc) is 2.27. The lowest BCUT2D eigenvalue weighted by Gasteiger charge is -2.10. The monoisotopic (exact) mass is 216 g/mol. The lowest BCUT2D eigenvalue weighted by Crippen LogP contribution is -2.07. The summed E-state index contributed by atoms with van der Waals surface area (Å²) in [6, 6.07) is 10.5. The number of phenolic OH excluding ortho intramolecular Hbond substituents is 1. The molecule has 0 spiro atoms. The molecule has 0 aliphatic carbocycles. The number of phenols is 1. The molecule has 0 amide bonds. The Morgan fingerprint density at radius 2 is 2.00 bits per heavy atom. The first-order valence-corrected chi connectivity index (χ1v) is 5.04. The molecule has 0 saturated carbocycles. The van der Waals surface area contributed by atoms with E-state index in [9.17, 15) is 9.90 Å². The second kappa shape index (κ2) is 3.85. The van der Waals surface area contributed by atoms with E-state index in [1.54, 1.807) is 31.2 Å². The number of carbonyl (C=O) groups is 1. The molecule has 3 heteroatoms. The Hall–Kier alpha value is -2.03. The van der Waals surface area contributed by atoms with E-state index in [1.807, 2.05) is 12.1 Å². The third-order valence-corrected chi connectivity index (χ3v) is 2.74. The second-order valence-corrected chi connectivity index (χ2v) is 3.81. The van der Waals surface area contributed by atoms with Crippen molar-refractivity contribution in [3.8, 4) is 5.75 Å². The van der Waals surface area contributed by atoms with Gasteiger partial charge in [0, 0.05) is 0 Å². The summed E-state index contributed by atoms with van der Waals surface area (Å²) >= 11 is 0. The van der Waals surface area contributed by atoms with Gasteiger partial charge in [0.25, 0.3) is 0 Å². The molecule has 0 radical (unpaired) electrons. The van der Waals surface area contributed by atoms with Gasteiger partial charge in [0.05, 0.1) is 5.92 Å². The Labute approximate surface area is 93.0 Å². The first-order chi connectivity index (χ1) is 7.59. The molecule has 0 aliphatic heterocycles. The van der Waals surface area contributed by atoms with E-state index >= 15 is 0 Å². The zero-order valence-corrected chi connectivity index (χ0v) is 8.84. The Morgan fingerprint density at radius 1 is 1.25 bits per heavy atom. The molecule has 82 valence electrons. The Bertz CT molecular complexity index is 546. The molecule has 1 unspecified atom stereocenters. The van der Waals surface area contributed by atoms with Crippen LogP contribution in [0.2, 0.25) is 0 Å². The number of hydrogen-bond acceptors (Lipinski definition) is 2. The Kier molecular flexibility index (Phi) is 2.52. The molecule has 2 rings (SSSR count). The van der Waals surface area contributed by atoms with Gasteiger partial charge in [0.1, 0.15) is 5.75 Å². The molecule has 0 heterocycles. The van der Waals surface area contributed by atoms with Crippen LogP contribution >= 0.6 is 0 Å². The molecule has 0 fully saturated rings. The SMILES string of the molecule is CC(C(=O)O)c1cccc2ccc(O)cc12. The normalized spacial score (nSPS) is 12.6. The number of aromatic hydroxyl groups is 1. The van der Waals surface area contributed by atoms with Crippen molar-refractivity contribution >= 4 is 16.7 Å². The first-order valence-electron chi connectivity index (χ1n) is 5.04. The van der Waals surface area contributed by atoms with Crippen LogP contribution in [-0.2, 0) is 4.79 Å². The largest absolute Gasteiger partial charge is 0.508 e. The molecule has 2 aromatic rings. The molecule has 3 nitrogen and oxygen atoms in total. The summed E-state index contributed by atoms with van der Waals surface area (Å²) in [5.74, 6) is -1.29. The van der Waals surface area contributed by atoms with Crippen LogP contribution < -0.4 is 0 Å². The van der Waals surface area contributed by atoms with Crippen molar-refractivity contribution in [3.05, 3.63) is 42.0 Å². The highest BCUT2D eigenvalue weighted by atomic mass is 16.4. The van der Waals surface area contributed by atoms with E-state index in [0.29, 0.717) is 0 Å². The number of fused-ring (bicyclic) bond motifs is 1. The maximum Gasteiger partial charge on any atom is 0.310 e. The molecule has 2 N–H and O–H groups in total. The predicted molar refractivity (Wildman–Crippen MR) is 61.7 cm³/mol. The highest BCUT2D eigenvalue weighted by molar-refractivity contribution is 5.91. The Morgan fingerprint density at radius 3 is 2.69 bits per heavy atom. The third kappa shape index (κ3) is 1.72. The van der Waals surface area contributed by atoms with Gasteiger partial charge in [-0.1, -0.05) is 24.3 Å².